The van der Waals surface area contributed by atoms with Gasteiger partial charge in [0.15, 0.2) is 0 Å². The molecular weight excluding hydrogens is 256 g/mol. The number of hydrogen-bond donors (Lipinski definition) is 2. The second kappa shape index (κ2) is 3.65. The van der Waals surface area contributed by atoms with Gasteiger partial charge in [-0.3, -0.25) is 4.79 Å². The Balaban J connectivity index is 2.61. The molecule has 0 aliphatic carbocycles. The molecule has 0 fully saturated rings. The minimum Gasteiger partial charge on any atom is -0.508 e. The fourth-order valence-corrected chi connectivity index (χ4v) is 2.09. The van der Waals surface area contributed by atoms with E-state index in [9.17, 15) is 15.0 Å². The van der Waals surface area contributed by atoms with Crippen molar-refractivity contribution >= 4 is 33.5 Å². The molecule has 0 saturated carbocycles. The van der Waals surface area contributed by atoms with E-state index in [1.807, 2.05) is 0 Å². The zero-order chi connectivity index (χ0) is 12.9. The van der Waals surface area contributed by atoms with Crippen LogP contribution in [0.15, 0.2) is 39.5 Å². The summed E-state index contributed by atoms with van der Waals surface area (Å²) in [7, 11) is 0. The van der Waals surface area contributed by atoms with E-state index in [0.29, 0.717) is 10.6 Å². The van der Waals surface area contributed by atoms with E-state index in [1.165, 1.54) is 12.1 Å². The lowest BCUT2D eigenvalue weighted by Gasteiger charge is -2.04. The molecule has 1 aromatic heterocycles. The molecule has 0 radical (unpaired) electrons. The number of halogens is 1. The Hall–Kier alpha value is -2.20. The van der Waals surface area contributed by atoms with Crippen LogP contribution in [0.1, 0.15) is 0 Å². The fourth-order valence-electron chi connectivity index (χ4n) is 1.92. The van der Waals surface area contributed by atoms with E-state index in [4.69, 9.17) is 16.0 Å². The summed E-state index contributed by atoms with van der Waals surface area (Å²) in [6.45, 7) is 0. The molecule has 4 nitrogen and oxygen atoms in total. The topological polar surface area (TPSA) is 70.7 Å². The van der Waals surface area contributed by atoms with Gasteiger partial charge in [0.05, 0.1) is 5.39 Å². The van der Waals surface area contributed by atoms with Gasteiger partial charge in [-0.2, -0.15) is 0 Å². The first-order valence-electron chi connectivity index (χ1n) is 5.14. The number of hydrogen-bond acceptors (Lipinski definition) is 4. The average molecular weight is 263 g/mol. The van der Waals surface area contributed by atoms with Gasteiger partial charge >= 0.3 is 0 Å². The van der Waals surface area contributed by atoms with Gasteiger partial charge in [-0.05, 0) is 18.2 Å². The van der Waals surface area contributed by atoms with Crippen molar-refractivity contribution in [1.82, 2.24) is 0 Å². The van der Waals surface area contributed by atoms with Crippen molar-refractivity contribution in [3.8, 4) is 11.5 Å². The van der Waals surface area contributed by atoms with Crippen LogP contribution in [0.4, 0.5) is 0 Å². The lowest BCUT2D eigenvalue weighted by molar-refractivity contribution is 0.453. The van der Waals surface area contributed by atoms with Crippen molar-refractivity contribution < 1.29 is 14.6 Å². The molecule has 2 aromatic carbocycles. The van der Waals surface area contributed by atoms with Crippen molar-refractivity contribution in [2.24, 2.45) is 0 Å². The summed E-state index contributed by atoms with van der Waals surface area (Å²) in [4.78, 5) is 12.2. The van der Waals surface area contributed by atoms with Gasteiger partial charge in [0.25, 0.3) is 0 Å². The van der Waals surface area contributed by atoms with Crippen LogP contribution < -0.4 is 5.43 Å². The Bertz CT molecular complexity index is 836. The zero-order valence-electron chi connectivity index (χ0n) is 8.98. The highest BCUT2D eigenvalue weighted by Gasteiger charge is 2.12. The van der Waals surface area contributed by atoms with Crippen molar-refractivity contribution in [3.05, 3.63) is 45.6 Å². The third-order valence-corrected chi connectivity index (χ3v) is 2.93. The van der Waals surface area contributed by atoms with Gasteiger partial charge in [-0.1, -0.05) is 11.6 Å². The maximum Gasteiger partial charge on any atom is 0.204 e. The second-order valence-electron chi connectivity index (χ2n) is 3.91. The lowest BCUT2D eigenvalue weighted by Crippen LogP contribution is -2.02. The van der Waals surface area contributed by atoms with Gasteiger partial charge in [-0.15, -0.1) is 0 Å². The van der Waals surface area contributed by atoms with Gasteiger partial charge < -0.3 is 14.6 Å². The number of phenolic OH excluding ortho intramolecular Hbond substituents is 2. The summed E-state index contributed by atoms with van der Waals surface area (Å²) in [5.41, 5.74) is 0.0977. The zero-order valence-corrected chi connectivity index (χ0v) is 9.73. The third kappa shape index (κ3) is 1.50. The SMILES string of the molecule is O=c1c2cc(Cl)ccc2oc2cc(O)cc(O)c12. The second-order valence-corrected chi connectivity index (χ2v) is 4.35. The Morgan fingerprint density at radius 2 is 1.83 bits per heavy atom. The van der Waals surface area contributed by atoms with Crippen LogP contribution in [0.3, 0.4) is 0 Å². The number of phenols is 2. The molecule has 18 heavy (non-hydrogen) atoms. The quantitative estimate of drug-likeness (QED) is 0.611. The predicted octanol–water partition coefficient (Wildman–Crippen LogP) is 3.01. The fraction of sp³-hybridized carbons (Fsp3) is 0. The summed E-state index contributed by atoms with van der Waals surface area (Å²) in [6.07, 6.45) is 0. The van der Waals surface area contributed by atoms with Crippen LogP contribution in [-0.2, 0) is 0 Å². The first-order valence-corrected chi connectivity index (χ1v) is 5.52. The standard InChI is InChI=1S/C13H7ClO4/c14-6-1-2-10-8(3-6)13(17)12-9(16)4-7(15)5-11(12)18-10/h1-5,15-16H. The number of rotatable bonds is 0. The molecule has 0 unspecified atom stereocenters. The molecule has 0 bridgehead atoms. The largest absolute Gasteiger partial charge is 0.508 e. The molecule has 3 aromatic rings. The highest BCUT2D eigenvalue weighted by Crippen LogP contribution is 2.30. The molecule has 3 rings (SSSR count). The van der Waals surface area contributed by atoms with E-state index in [2.05, 4.69) is 0 Å². The van der Waals surface area contributed by atoms with Crippen molar-refractivity contribution in [2.75, 3.05) is 0 Å². The molecule has 0 aliphatic rings. The smallest absolute Gasteiger partial charge is 0.204 e. The minimum atomic E-state index is -0.383. The van der Waals surface area contributed by atoms with E-state index in [0.717, 1.165) is 6.07 Å². The molecule has 0 spiro atoms. The highest BCUT2D eigenvalue weighted by molar-refractivity contribution is 6.31. The molecular formula is C13H7ClO4. The van der Waals surface area contributed by atoms with Gasteiger partial charge in [0.2, 0.25) is 5.43 Å². The molecule has 0 aliphatic heterocycles. The van der Waals surface area contributed by atoms with E-state index in [-0.39, 0.29) is 33.3 Å². The number of fused-ring (bicyclic) bond motifs is 2. The van der Waals surface area contributed by atoms with Crippen molar-refractivity contribution in [3.63, 3.8) is 0 Å². The Labute approximate surface area is 106 Å². The molecule has 1 heterocycles. The van der Waals surface area contributed by atoms with Crippen molar-refractivity contribution in [1.29, 1.82) is 0 Å². The molecule has 0 atom stereocenters. The van der Waals surface area contributed by atoms with Crippen LogP contribution in [-0.4, -0.2) is 10.2 Å². The Morgan fingerprint density at radius 1 is 1.06 bits per heavy atom. The van der Waals surface area contributed by atoms with Crippen molar-refractivity contribution in [2.45, 2.75) is 0 Å². The van der Waals surface area contributed by atoms with Crippen LogP contribution in [0.25, 0.3) is 21.9 Å². The van der Waals surface area contributed by atoms with Crippen LogP contribution >= 0.6 is 11.6 Å². The maximum absolute atomic E-state index is 12.2. The monoisotopic (exact) mass is 262 g/mol. The molecule has 5 heteroatoms. The third-order valence-electron chi connectivity index (χ3n) is 2.70. The van der Waals surface area contributed by atoms with E-state index in [1.54, 1.807) is 12.1 Å². The number of aromatic hydroxyl groups is 2. The predicted molar refractivity (Wildman–Crippen MR) is 68.3 cm³/mol. The first-order chi connectivity index (χ1) is 8.56. The molecule has 0 amide bonds. The Morgan fingerprint density at radius 3 is 2.61 bits per heavy atom. The Kier molecular flexibility index (Phi) is 2.21. The van der Waals surface area contributed by atoms with Crippen LogP contribution in [0.2, 0.25) is 5.02 Å². The molecule has 0 saturated heterocycles. The molecule has 90 valence electrons. The van der Waals surface area contributed by atoms with Crippen LogP contribution in [0, 0.1) is 0 Å². The average Bonchev–Trinajstić information content (AvgIpc) is 2.29. The summed E-state index contributed by atoms with van der Waals surface area (Å²) in [5.74, 6) is -0.489. The van der Waals surface area contributed by atoms with Gasteiger partial charge in [0, 0.05) is 17.2 Å². The normalized spacial score (nSPS) is 11.2. The summed E-state index contributed by atoms with van der Waals surface area (Å²) < 4.78 is 5.47. The first kappa shape index (κ1) is 10.9. The van der Waals surface area contributed by atoms with Gasteiger partial charge in [0.1, 0.15) is 28.1 Å². The highest BCUT2D eigenvalue weighted by atomic mass is 35.5. The minimum absolute atomic E-state index is 0.0302. The molecule has 2 N–H and O–H groups in total. The number of benzene rings is 2. The van der Waals surface area contributed by atoms with E-state index < -0.39 is 0 Å². The lowest BCUT2D eigenvalue weighted by atomic mass is 10.1. The summed E-state index contributed by atoms with van der Waals surface area (Å²) in [5, 5.41) is 19.8. The van der Waals surface area contributed by atoms with Crippen LogP contribution in [0.5, 0.6) is 11.5 Å². The van der Waals surface area contributed by atoms with Gasteiger partial charge in [-0.25, -0.2) is 0 Å². The van der Waals surface area contributed by atoms with E-state index >= 15 is 0 Å². The maximum atomic E-state index is 12.2. The summed E-state index contributed by atoms with van der Waals surface area (Å²) in [6, 6.07) is 7.02. The summed E-state index contributed by atoms with van der Waals surface area (Å²) >= 11 is 5.82.